The van der Waals surface area contributed by atoms with Gasteiger partial charge in [0.05, 0.1) is 16.7 Å². The number of benzene rings is 6. The van der Waals surface area contributed by atoms with Gasteiger partial charge in [-0.05, 0) is 93.6 Å². The third kappa shape index (κ3) is 7.62. The molecule has 9 rings (SSSR count). The van der Waals surface area contributed by atoms with Crippen LogP contribution in [0.5, 0.6) is 5.75 Å². The van der Waals surface area contributed by atoms with Crippen LogP contribution in [-0.4, -0.2) is 19.6 Å². The van der Waals surface area contributed by atoms with Gasteiger partial charge in [0, 0.05) is 66.2 Å². The quantitative estimate of drug-likeness (QED) is 0.169. The molecule has 0 fully saturated rings. The van der Waals surface area contributed by atoms with Gasteiger partial charge >= 0.3 is 0 Å². The van der Waals surface area contributed by atoms with Crippen molar-refractivity contribution in [1.29, 1.82) is 0 Å². The third-order valence-electron chi connectivity index (χ3n) is 11.5. The fraction of sp³-hybridized carbons (Fsp3) is 0.164. The number of rotatable bonds is 6. The van der Waals surface area contributed by atoms with E-state index in [0.717, 1.165) is 44.9 Å². The number of aryl methyl sites for hydroxylation is 1. The van der Waals surface area contributed by atoms with Gasteiger partial charge in [0.2, 0.25) is 0 Å². The SMILES string of the molecule is Cc1ccc2c3ccccc3n(-c3ccccc3)c2c1-c1ccnc(-c2[c-]c(-c3cc(-c4cc(C(C)(C)C)cc(C(C)(C)C)c4)cc(-c4ccccc4O)n3)ccc2)c1.[Pt]. The van der Waals surface area contributed by atoms with Gasteiger partial charge in [-0.2, -0.15) is 0 Å². The first-order chi connectivity index (χ1) is 28.3. The van der Waals surface area contributed by atoms with Crippen molar-refractivity contribution in [2.24, 2.45) is 0 Å². The number of nitrogens with zero attached hydrogens (tertiary/aromatic N) is 3. The van der Waals surface area contributed by atoms with E-state index in [9.17, 15) is 5.11 Å². The van der Waals surface area contributed by atoms with Crippen molar-refractivity contribution in [3.8, 4) is 67.5 Å². The molecule has 0 aliphatic rings. The molecule has 0 radical (unpaired) electrons. The van der Waals surface area contributed by atoms with Crippen LogP contribution >= 0.6 is 0 Å². The molecule has 9 aromatic rings. The zero-order valence-electron chi connectivity index (χ0n) is 35.1. The van der Waals surface area contributed by atoms with E-state index < -0.39 is 0 Å². The molecule has 60 heavy (non-hydrogen) atoms. The van der Waals surface area contributed by atoms with Crippen LogP contribution in [0.15, 0.2) is 158 Å². The summed E-state index contributed by atoms with van der Waals surface area (Å²) in [6, 6.07) is 56.6. The molecule has 0 saturated heterocycles. The number of aromatic nitrogens is 3. The summed E-state index contributed by atoms with van der Waals surface area (Å²) in [6.07, 6.45) is 1.91. The van der Waals surface area contributed by atoms with Crippen LogP contribution in [0.1, 0.15) is 58.2 Å². The second-order valence-electron chi connectivity index (χ2n) is 17.7. The maximum atomic E-state index is 11.1. The number of phenolic OH excluding ortho intramolecular Hbond substituents is 1. The summed E-state index contributed by atoms with van der Waals surface area (Å²) in [7, 11) is 0. The molecule has 0 atom stereocenters. The standard InChI is InChI=1S/C55H48N3O.Pt/c1-35-24-25-45-44-20-11-13-22-50(44)58(43-18-9-8-10-19-43)53(45)52(35)38-26-27-56-47(31-38)36-16-15-17-37(28-36)48-32-40(33-49(57-48)46-21-12-14-23-51(46)59)39-29-41(54(2,3)4)34-42(30-39)55(5,6)7;/h8-27,29-34,59H,1-7H3;/q-1;. The number of aromatic hydroxyl groups is 1. The first-order valence-corrected chi connectivity index (χ1v) is 20.4. The topological polar surface area (TPSA) is 50.9 Å². The summed E-state index contributed by atoms with van der Waals surface area (Å²) >= 11 is 0. The van der Waals surface area contributed by atoms with Gasteiger partial charge < -0.3 is 9.67 Å². The Bertz CT molecular complexity index is 3010. The largest absolute Gasteiger partial charge is 0.507 e. The normalized spacial score (nSPS) is 11.8. The van der Waals surface area contributed by atoms with Gasteiger partial charge in [-0.3, -0.25) is 9.97 Å². The Balaban J connectivity index is 0.00000499. The van der Waals surface area contributed by atoms with Crippen molar-refractivity contribution in [1.82, 2.24) is 14.5 Å². The number of pyridine rings is 2. The van der Waals surface area contributed by atoms with Crippen LogP contribution in [-0.2, 0) is 31.9 Å². The monoisotopic (exact) mass is 961 g/mol. The average molecular weight is 962 g/mol. The van der Waals surface area contributed by atoms with Crippen molar-refractivity contribution >= 4 is 21.8 Å². The number of para-hydroxylation sites is 3. The maximum Gasteiger partial charge on any atom is 0.124 e. The molecule has 300 valence electrons. The minimum atomic E-state index is -0.0434. The molecule has 6 aromatic carbocycles. The second kappa shape index (κ2) is 15.8. The van der Waals surface area contributed by atoms with E-state index in [0.29, 0.717) is 11.3 Å². The maximum absolute atomic E-state index is 11.1. The zero-order valence-corrected chi connectivity index (χ0v) is 37.4. The molecule has 0 spiro atoms. The third-order valence-corrected chi connectivity index (χ3v) is 11.5. The predicted octanol–water partition coefficient (Wildman–Crippen LogP) is 14.3. The van der Waals surface area contributed by atoms with Gasteiger partial charge in [0.1, 0.15) is 5.75 Å². The summed E-state index contributed by atoms with van der Waals surface area (Å²) in [5.41, 5.74) is 16.2. The minimum absolute atomic E-state index is 0. The molecule has 0 saturated carbocycles. The molecule has 0 unspecified atom stereocenters. The Morgan fingerprint density at radius 1 is 0.550 bits per heavy atom. The molecule has 0 amide bonds. The van der Waals surface area contributed by atoms with E-state index >= 15 is 0 Å². The molecule has 5 heteroatoms. The summed E-state index contributed by atoms with van der Waals surface area (Å²) in [5, 5.41) is 13.5. The summed E-state index contributed by atoms with van der Waals surface area (Å²) in [5.74, 6) is 0.192. The molecular formula is C55H48N3OPt-. The molecule has 1 N–H and O–H groups in total. The van der Waals surface area contributed by atoms with Crippen LogP contribution in [0, 0.1) is 13.0 Å². The fourth-order valence-electron chi connectivity index (χ4n) is 8.19. The Hall–Kier alpha value is -6.09. The van der Waals surface area contributed by atoms with Crippen LogP contribution in [0.4, 0.5) is 0 Å². The predicted molar refractivity (Wildman–Crippen MR) is 246 cm³/mol. The Labute approximate surface area is 367 Å². The molecule has 3 aromatic heterocycles. The molecule has 0 bridgehead atoms. The smallest absolute Gasteiger partial charge is 0.124 e. The Morgan fingerprint density at radius 2 is 1.17 bits per heavy atom. The van der Waals surface area contributed by atoms with Gasteiger partial charge in [-0.15, -0.1) is 24.3 Å². The van der Waals surface area contributed by atoms with Gasteiger partial charge in [-0.1, -0.05) is 144 Å². The Morgan fingerprint density at radius 3 is 1.88 bits per heavy atom. The van der Waals surface area contributed by atoms with Crippen molar-refractivity contribution in [3.05, 3.63) is 181 Å². The van der Waals surface area contributed by atoms with Crippen LogP contribution < -0.4 is 0 Å². The van der Waals surface area contributed by atoms with Crippen LogP contribution in [0.2, 0.25) is 0 Å². The van der Waals surface area contributed by atoms with Crippen molar-refractivity contribution < 1.29 is 26.2 Å². The van der Waals surface area contributed by atoms with E-state index in [-0.39, 0.29) is 37.6 Å². The van der Waals surface area contributed by atoms with E-state index in [1.54, 1.807) is 6.07 Å². The van der Waals surface area contributed by atoms with Crippen LogP contribution in [0.25, 0.3) is 83.5 Å². The first-order valence-electron chi connectivity index (χ1n) is 20.4. The molecule has 0 aliphatic heterocycles. The Kier molecular flexibility index (Phi) is 10.7. The van der Waals surface area contributed by atoms with Crippen molar-refractivity contribution in [2.75, 3.05) is 0 Å². The van der Waals surface area contributed by atoms with Gasteiger partial charge in [0.25, 0.3) is 0 Å². The van der Waals surface area contributed by atoms with E-state index in [2.05, 4.69) is 186 Å². The van der Waals surface area contributed by atoms with Crippen LogP contribution in [0.3, 0.4) is 0 Å². The zero-order chi connectivity index (χ0) is 41.1. The van der Waals surface area contributed by atoms with Gasteiger partial charge in [-0.25, -0.2) is 0 Å². The molecule has 3 heterocycles. The summed E-state index contributed by atoms with van der Waals surface area (Å²) in [4.78, 5) is 10.1. The van der Waals surface area contributed by atoms with E-state index in [4.69, 9.17) is 9.97 Å². The summed E-state index contributed by atoms with van der Waals surface area (Å²) < 4.78 is 2.39. The number of fused-ring (bicyclic) bond motifs is 3. The summed E-state index contributed by atoms with van der Waals surface area (Å²) in [6.45, 7) is 15.8. The minimum Gasteiger partial charge on any atom is -0.507 e. The number of hydrogen-bond acceptors (Lipinski definition) is 3. The second-order valence-corrected chi connectivity index (χ2v) is 17.7. The van der Waals surface area contributed by atoms with Crippen molar-refractivity contribution in [2.45, 2.75) is 59.3 Å². The van der Waals surface area contributed by atoms with E-state index in [1.807, 2.05) is 24.4 Å². The molecule has 0 aliphatic carbocycles. The van der Waals surface area contributed by atoms with Crippen molar-refractivity contribution in [3.63, 3.8) is 0 Å². The fourth-order valence-corrected chi connectivity index (χ4v) is 8.19. The molecule has 4 nitrogen and oxygen atoms in total. The molecular weight excluding hydrogens is 914 g/mol. The van der Waals surface area contributed by atoms with E-state index in [1.165, 1.54) is 44.1 Å². The first kappa shape index (κ1) is 40.7. The number of phenols is 1. The number of hydrogen-bond donors (Lipinski definition) is 1. The average Bonchev–Trinajstić information content (AvgIpc) is 3.57. The van der Waals surface area contributed by atoms with Gasteiger partial charge in [0.15, 0.2) is 0 Å².